The third-order valence-electron chi connectivity index (χ3n) is 1.27. The third-order valence-corrected chi connectivity index (χ3v) is 1.35. The summed E-state index contributed by atoms with van der Waals surface area (Å²) in [6.45, 7) is 0. The molecule has 2 N–H and O–H groups in total. The topological polar surface area (TPSA) is 78.4 Å². The van der Waals surface area contributed by atoms with Gasteiger partial charge in [0, 0.05) is 12.1 Å². The summed E-state index contributed by atoms with van der Waals surface area (Å²) in [6, 6.07) is 5.48. The smallest absolute Gasteiger partial charge is 0.269 e. The van der Waals surface area contributed by atoms with Crippen LogP contribution >= 0.6 is 12.2 Å². The molecule has 0 spiro atoms. The number of hydrogen-bond donors (Lipinski definition) is 1. The maximum atomic E-state index is 10.2. The lowest BCUT2D eigenvalue weighted by Gasteiger charge is -2.00. The lowest BCUT2D eigenvalue weighted by molar-refractivity contribution is -0.384. The van der Waals surface area contributed by atoms with Gasteiger partial charge in [-0.2, -0.15) is 0 Å². The van der Waals surface area contributed by atoms with Crippen molar-refractivity contribution in [3.63, 3.8) is 0 Å². The molecule has 5 nitrogen and oxygen atoms in total. The predicted octanol–water partition coefficient (Wildman–Crippen LogP) is 1.22. The molecule has 0 aliphatic rings. The number of nitro benzene ring substituents is 1. The van der Waals surface area contributed by atoms with Crippen LogP contribution in [0.1, 0.15) is 0 Å². The first-order chi connectivity index (χ1) is 6.09. The van der Waals surface area contributed by atoms with Crippen molar-refractivity contribution in [1.29, 1.82) is 0 Å². The highest BCUT2D eigenvalue weighted by atomic mass is 32.1. The van der Waals surface area contributed by atoms with E-state index in [2.05, 4.69) is 12.2 Å². The number of thiocarbonyl (C=S) groups is 1. The van der Waals surface area contributed by atoms with E-state index in [9.17, 15) is 10.1 Å². The molecule has 0 unspecified atom stereocenters. The minimum Gasteiger partial charge on any atom is -0.432 e. The Kier molecular flexibility index (Phi) is 2.76. The number of nitrogens with zero attached hydrogens (tertiary/aromatic N) is 1. The summed E-state index contributed by atoms with van der Waals surface area (Å²) in [4.78, 5) is 9.75. The highest BCUT2D eigenvalue weighted by molar-refractivity contribution is 7.80. The zero-order valence-electron chi connectivity index (χ0n) is 6.47. The average molecular weight is 198 g/mol. The van der Waals surface area contributed by atoms with Crippen LogP contribution in [0.15, 0.2) is 24.3 Å². The van der Waals surface area contributed by atoms with Crippen LogP contribution in [0, 0.1) is 10.1 Å². The Morgan fingerprint density at radius 1 is 1.46 bits per heavy atom. The lowest BCUT2D eigenvalue weighted by Crippen LogP contribution is -2.15. The Balaban J connectivity index is 2.81. The summed E-state index contributed by atoms with van der Waals surface area (Å²) in [5.74, 6) is 0.387. The van der Waals surface area contributed by atoms with Gasteiger partial charge in [0.1, 0.15) is 5.75 Å². The second-order valence-corrected chi connectivity index (χ2v) is 2.57. The molecule has 0 heterocycles. The van der Waals surface area contributed by atoms with E-state index in [0.717, 1.165) is 0 Å². The van der Waals surface area contributed by atoms with Crippen LogP contribution in [-0.2, 0) is 0 Å². The van der Waals surface area contributed by atoms with Crippen LogP contribution in [0.4, 0.5) is 5.69 Å². The molecule has 0 amide bonds. The Morgan fingerprint density at radius 3 is 2.38 bits per heavy atom. The number of hydrogen-bond acceptors (Lipinski definition) is 4. The van der Waals surface area contributed by atoms with Crippen molar-refractivity contribution in [3.8, 4) is 5.75 Å². The van der Waals surface area contributed by atoms with Gasteiger partial charge < -0.3 is 10.5 Å². The summed E-state index contributed by atoms with van der Waals surface area (Å²) >= 11 is 4.48. The fourth-order valence-electron chi connectivity index (χ4n) is 0.752. The minimum absolute atomic E-state index is 0.00436. The third kappa shape index (κ3) is 2.68. The van der Waals surface area contributed by atoms with Gasteiger partial charge in [-0.15, -0.1) is 0 Å². The molecular weight excluding hydrogens is 192 g/mol. The van der Waals surface area contributed by atoms with Crippen LogP contribution in [0.2, 0.25) is 0 Å². The first-order valence-electron chi connectivity index (χ1n) is 3.31. The van der Waals surface area contributed by atoms with Gasteiger partial charge in [-0.3, -0.25) is 10.1 Å². The SMILES string of the molecule is NC(=S)Oc1ccc([N+](=O)[O-])cc1. The number of nitrogens with two attached hydrogens (primary N) is 1. The molecule has 0 saturated carbocycles. The Hall–Kier alpha value is -1.69. The summed E-state index contributed by atoms with van der Waals surface area (Å²) in [6.07, 6.45) is 0. The molecule has 1 aromatic rings. The Labute approximate surface area is 79.3 Å². The molecule has 0 radical (unpaired) electrons. The maximum Gasteiger partial charge on any atom is 0.269 e. The van der Waals surface area contributed by atoms with Gasteiger partial charge in [-0.05, 0) is 24.4 Å². The Bertz CT molecular complexity index is 336. The van der Waals surface area contributed by atoms with Gasteiger partial charge in [0.25, 0.3) is 10.9 Å². The van der Waals surface area contributed by atoms with Gasteiger partial charge in [-0.25, -0.2) is 0 Å². The van der Waals surface area contributed by atoms with Crippen molar-refractivity contribution in [3.05, 3.63) is 34.4 Å². The molecule has 0 saturated heterocycles. The Morgan fingerprint density at radius 2 is 2.00 bits per heavy atom. The van der Waals surface area contributed by atoms with Gasteiger partial charge in [0.15, 0.2) is 0 Å². The van der Waals surface area contributed by atoms with Crippen LogP contribution in [-0.4, -0.2) is 10.1 Å². The molecule has 1 rings (SSSR count). The molecule has 0 aromatic heterocycles. The van der Waals surface area contributed by atoms with E-state index in [1.165, 1.54) is 24.3 Å². The number of rotatable bonds is 2. The van der Waals surface area contributed by atoms with Crippen molar-refractivity contribution in [2.45, 2.75) is 0 Å². The normalized spacial score (nSPS) is 9.23. The molecule has 1 aromatic carbocycles. The van der Waals surface area contributed by atoms with E-state index in [4.69, 9.17) is 10.5 Å². The molecule has 0 fully saturated rings. The largest absolute Gasteiger partial charge is 0.432 e. The number of non-ortho nitro benzene ring substituents is 1. The minimum atomic E-state index is -0.495. The van der Waals surface area contributed by atoms with Crippen molar-refractivity contribution in [2.24, 2.45) is 5.73 Å². The van der Waals surface area contributed by atoms with Crippen LogP contribution < -0.4 is 10.5 Å². The van der Waals surface area contributed by atoms with Gasteiger partial charge in [-0.1, -0.05) is 0 Å². The molecule has 0 aliphatic carbocycles. The quantitative estimate of drug-likeness (QED) is 0.439. The van der Waals surface area contributed by atoms with E-state index in [-0.39, 0.29) is 10.9 Å². The summed E-state index contributed by atoms with van der Waals surface area (Å²) < 4.78 is 4.84. The van der Waals surface area contributed by atoms with Crippen molar-refractivity contribution < 1.29 is 9.66 Å². The fourth-order valence-corrected chi connectivity index (χ4v) is 0.848. The van der Waals surface area contributed by atoms with E-state index >= 15 is 0 Å². The lowest BCUT2D eigenvalue weighted by atomic mass is 10.3. The molecule has 0 bridgehead atoms. The first-order valence-corrected chi connectivity index (χ1v) is 3.72. The van der Waals surface area contributed by atoms with E-state index in [1.807, 2.05) is 0 Å². The van der Waals surface area contributed by atoms with Gasteiger partial charge >= 0.3 is 0 Å². The van der Waals surface area contributed by atoms with Gasteiger partial charge in [0.2, 0.25) is 0 Å². The summed E-state index contributed by atoms with van der Waals surface area (Å²) in [5.41, 5.74) is 5.09. The van der Waals surface area contributed by atoms with Crippen LogP contribution in [0.5, 0.6) is 5.75 Å². The predicted molar refractivity (Wildman–Crippen MR) is 50.5 cm³/mol. The average Bonchev–Trinajstić information content (AvgIpc) is 2.04. The first kappa shape index (κ1) is 9.40. The molecule has 0 atom stereocenters. The molecule has 13 heavy (non-hydrogen) atoms. The summed E-state index contributed by atoms with van der Waals surface area (Å²) in [5, 5.41) is 10.1. The van der Waals surface area contributed by atoms with Crippen LogP contribution in [0.25, 0.3) is 0 Å². The van der Waals surface area contributed by atoms with Crippen molar-refractivity contribution in [2.75, 3.05) is 0 Å². The number of nitro groups is 1. The summed E-state index contributed by atoms with van der Waals surface area (Å²) in [7, 11) is 0. The van der Waals surface area contributed by atoms with Crippen LogP contribution in [0.3, 0.4) is 0 Å². The van der Waals surface area contributed by atoms with E-state index in [1.54, 1.807) is 0 Å². The molecule has 6 heteroatoms. The highest BCUT2D eigenvalue weighted by Gasteiger charge is 2.04. The zero-order chi connectivity index (χ0) is 9.84. The zero-order valence-corrected chi connectivity index (χ0v) is 7.28. The molecule has 0 aliphatic heterocycles. The number of benzene rings is 1. The molecule has 68 valence electrons. The molecular formula is C7H6N2O3S. The highest BCUT2D eigenvalue weighted by Crippen LogP contribution is 2.16. The second kappa shape index (κ2) is 3.81. The van der Waals surface area contributed by atoms with E-state index < -0.39 is 4.92 Å². The van der Waals surface area contributed by atoms with Crippen molar-refractivity contribution in [1.82, 2.24) is 0 Å². The monoisotopic (exact) mass is 198 g/mol. The van der Waals surface area contributed by atoms with Crippen molar-refractivity contribution >= 4 is 23.1 Å². The second-order valence-electron chi connectivity index (χ2n) is 2.17. The number of ether oxygens (including phenoxy) is 1. The van der Waals surface area contributed by atoms with E-state index in [0.29, 0.717) is 5.75 Å². The fraction of sp³-hybridized carbons (Fsp3) is 0. The maximum absolute atomic E-state index is 10.2. The van der Waals surface area contributed by atoms with Gasteiger partial charge in [0.05, 0.1) is 4.92 Å². The standard InChI is InChI=1S/C7H6N2O3S/c8-7(13)12-6-3-1-5(2-4-6)9(10)11/h1-4H,(H2,8,13).